The molecule has 3 aromatic rings. The number of hydrogen-bond acceptors (Lipinski definition) is 5. The van der Waals surface area contributed by atoms with Crippen LogP contribution in [0.2, 0.25) is 0 Å². The molecule has 1 N–H and O–H groups in total. The Morgan fingerprint density at radius 3 is 2.60 bits per heavy atom. The highest BCUT2D eigenvalue weighted by molar-refractivity contribution is 7.08. The molecule has 2 heterocycles. The molecule has 130 valence electrons. The number of ether oxygens (including phenoxy) is 1. The summed E-state index contributed by atoms with van der Waals surface area (Å²) in [6, 6.07) is 9.33. The predicted molar refractivity (Wildman–Crippen MR) is 99.0 cm³/mol. The fourth-order valence-electron chi connectivity index (χ4n) is 2.42. The molecule has 0 radical (unpaired) electrons. The van der Waals surface area contributed by atoms with Crippen LogP contribution in [0.4, 0.5) is 0 Å². The van der Waals surface area contributed by atoms with E-state index in [1.807, 2.05) is 41.1 Å². The van der Waals surface area contributed by atoms with Gasteiger partial charge < -0.3 is 14.6 Å². The van der Waals surface area contributed by atoms with Crippen LogP contribution < -0.4 is 10.1 Å². The summed E-state index contributed by atoms with van der Waals surface area (Å²) in [5, 5.41) is 11.0. The second kappa shape index (κ2) is 7.53. The third-order valence-corrected chi connectivity index (χ3v) is 4.42. The Balaban J connectivity index is 2.04. The normalized spacial score (nSPS) is 10.9. The summed E-state index contributed by atoms with van der Waals surface area (Å²) in [6.45, 7) is 4.70. The fourth-order valence-corrected chi connectivity index (χ4v) is 3.06. The van der Waals surface area contributed by atoms with Crippen LogP contribution in [-0.2, 0) is 0 Å². The first-order valence-electron chi connectivity index (χ1n) is 8.05. The van der Waals surface area contributed by atoms with E-state index in [1.165, 1.54) is 0 Å². The van der Waals surface area contributed by atoms with E-state index in [9.17, 15) is 4.79 Å². The van der Waals surface area contributed by atoms with E-state index in [-0.39, 0.29) is 5.91 Å². The summed E-state index contributed by atoms with van der Waals surface area (Å²) in [5.74, 6) is 1.42. The number of nitrogens with one attached hydrogen (secondary N) is 1. The number of benzene rings is 1. The molecule has 6 heteroatoms. The zero-order valence-corrected chi connectivity index (χ0v) is 15.2. The van der Waals surface area contributed by atoms with Crippen molar-refractivity contribution < 1.29 is 14.1 Å². The number of nitrogens with zero attached hydrogens (tertiary/aromatic N) is 1. The van der Waals surface area contributed by atoms with Gasteiger partial charge in [0, 0.05) is 23.1 Å². The molecule has 0 fully saturated rings. The Kier molecular flexibility index (Phi) is 5.19. The number of amides is 1. The summed E-state index contributed by atoms with van der Waals surface area (Å²) >= 11 is 1.55. The summed E-state index contributed by atoms with van der Waals surface area (Å²) in [4.78, 5) is 12.8. The molecule has 5 nitrogen and oxygen atoms in total. The largest absolute Gasteiger partial charge is 0.497 e. The molecular weight excluding hydrogens is 336 g/mol. The Labute approximate surface area is 150 Å². The highest BCUT2D eigenvalue weighted by Crippen LogP contribution is 2.34. The van der Waals surface area contributed by atoms with E-state index in [0.717, 1.165) is 16.9 Å². The molecule has 0 aliphatic carbocycles. The van der Waals surface area contributed by atoms with Crippen molar-refractivity contribution in [2.24, 2.45) is 5.92 Å². The van der Waals surface area contributed by atoms with Crippen molar-refractivity contribution in [3.8, 4) is 28.3 Å². The molecule has 2 aromatic heterocycles. The van der Waals surface area contributed by atoms with Crippen LogP contribution in [0.15, 0.2) is 45.6 Å². The molecule has 0 bridgehead atoms. The minimum atomic E-state index is -0.179. The van der Waals surface area contributed by atoms with Crippen LogP contribution in [0, 0.1) is 5.92 Å². The number of hydrogen-bond donors (Lipinski definition) is 1. The van der Waals surface area contributed by atoms with Crippen LogP contribution in [-0.4, -0.2) is 24.7 Å². The van der Waals surface area contributed by atoms with E-state index < -0.39 is 0 Å². The van der Waals surface area contributed by atoms with Gasteiger partial charge in [-0.05, 0) is 41.6 Å². The molecule has 0 aliphatic rings. The van der Waals surface area contributed by atoms with Gasteiger partial charge in [0.05, 0.1) is 7.11 Å². The molecule has 3 rings (SSSR count). The van der Waals surface area contributed by atoms with Gasteiger partial charge in [0.25, 0.3) is 5.91 Å². The van der Waals surface area contributed by atoms with Crippen molar-refractivity contribution in [1.29, 1.82) is 0 Å². The number of thiophene rings is 1. The lowest BCUT2D eigenvalue weighted by Gasteiger charge is -2.08. The summed E-state index contributed by atoms with van der Waals surface area (Å²) in [6.07, 6.45) is 0. The van der Waals surface area contributed by atoms with Gasteiger partial charge in [-0.25, -0.2) is 0 Å². The monoisotopic (exact) mass is 356 g/mol. The van der Waals surface area contributed by atoms with Crippen molar-refractivity contribution in [2.75, 3.05) is 13.7 Å². The lowest BCUT2D eigenvalue weighted by Crippen LogP contribution is -2.27. The van der Waals surface area contributed by atoms with Crippen LogP contribution in [0.5, 0.6) is 5.75 Å². The van der Waals surface area contributed by atoms with Gasteiger partial charge in [0.2, 0.25) is 0 Å². The standard InChI is InChI=1S/C19H20N2O3S/c1-12(2)10-20-19(22)16-17(13-4-6-15(23-3)7-5-13)21-24-18(16)14-8-9-25-11-14/h4-9,11-12H,10H2,1-3H3,(H,20,22). The zero-order chi connectivity index (χ0) is 17.8. The predicted octanol–water partition coefficient (Wildman–Crippen LogP) is 4.46. The van der Waals surface area contributed by atoms with Crippen molar-refractivity contribution in [3.63, 3.8) is 0 Å². The SMILES string of the molecule is COc1ccc(-c2noc(-c3ccsc3)c2C(=O)NCC(C)C)cc1. The maximum Gasteiger partial charge on any atom is 0.257 e. The summed E-state index contributed by atoms with van der Waals surface area (Å²) in [5.41, 5.74) is 2.65. The van der Waals surface area contributed by atoms with Crippen molar-refractivity contribution in [2.45, 2.75) is 13.8 Å². The van der Waals surface area contributed by atoms with Crippen LogP contribution >= 0.6 is 11.3 Å². The van der Waals surface area contributed by atoms with Gasteiger partial charge in [0.15, 0.2) is 5.76 Å². The average molecular weight is 356 g/mol. The first-order valence-corrected chi connectivity index (χ1v) is 8.99. The van der Waals surface area contributed by atoms with Crippen molar-refractivity contribution in [1.82, 2.24) is 10.5 Å². The molecule has 0 saturated heterocycles. The molecule has 0 atom stereocenters. The summed E-state index contributed by atoms with van der Waals surface area (Å²) < 4.78 is 10.7. The maximum absolute atomic E-state index is 12.8. The number of rotatable bonds is 6. The van der Waals surface area contributed by atoms with Gasteiger partial charge in [-0.3, -0.25) is 4.79 Å². The Hall–Kier alpha value is -2.60. The quantitative estimate of drug-likeness (QED) is 0.708. The van der Waals surface area contributed by atoms with E-state index in [2.05, 4.69) is 24.3 Å². The lowest BCUT2D eigenvalue weighted by molar-refractivity contribution is 0.0950. The van der Waals surface area contributed by atoms with Crippen LogP contribution in [0.25, 0.3) is 22.6 Å². The molecular formula is C19H20N2O3S. The Morgan fingerprint density at radius 2 is 2.00 bits per heavy atom. The van der Waals surface area contributed by atoms with Gasteiger partial charge in [-0.1, -0.05) is 19.0 Å². The minimum Gasteiger partial charge on any atom is -0.497 e. The molecule has 0 spiro atoms. The highest BCUT2D eigenvalue weighted by atomic mass is 32.1. The molecule has 1 amide bonds. The second-order valence-corrected chi connectivity index (χ2v) is 6.86. The number of aromatic nitrogens is 1. The third kappa shape index (κ3) is 3.74. The average Bonchev–Trinajstić information content (AvgIpc) is 3.28. The van der Waals surface area contributed by atoms with E-state index in [1.54, 1.807) is 18.4 Å². The van der Waals surface area contributed by atoms with E-state index in [0.29, 0.717) is 29.5 Å². The second-order valence-electron chi connectivity index (χ2n) is 6.08. The van der Waals surface area contributed by atoms with Crippen molar-refractivity contribution in [3.05, 3.63) is 46.7 Å². The number of carbonyl (C=O) groups excluding carboxylic acids is 1. The van der Waals surface area contributed by atoms with Gasteiger partial charge >= 0.3 is 0 Å². The number of carbonyl (C=O) groups is 1. The first-order chi connectivity index (χ1) is 12.1. The molecule has 25 heavy (non-hydrogen) atoms. The Bertz CT molecular complexity index is 836. The molecule has 1 aromatic carbocycles. The van der Waals surface area contributed by atoms with E-state index >= 15 is 0 Å². The topological polar surface area (TPSA) is 64.4 Å². The first kappa shape index (κ1) is 17.2. The lowest BCUT2D eigenvalue weighted by atomic mass is 10.0. The molecule has 0 aliphatic heterocycles. The third-order valence-electron chi connectivity index (χ3n) is 3.74. The van der Waals surface area contributed by atoms with Gasteiger partial charge in [0.1, 0.15) is 17.0 Å². The van der Waals surface area contributed by atoms with Crippen LogP contribution in [0.3, 0.4) is 0 Å². The van der Waals surface area contributed by atoms with E-state index in [4.69, 9.17) is 9.26 Å². The Morgan fingerprint density at radius 1 is 1.24 bits per heavy atom. The fraction of sp³-hybridized carbons (Fsp3) is 0.263. The minimum absolute atomic E-state index is 0.179. The number of methoxy groups -OCH3 is 1. The maximum atomic E-state index is 12.8. The molecule has 0 unspecified atom stereocenters. The molecule has 0 saturated carbocycles. The smallest absolute Gasteiger partial charge is 0.257 e. The van der Waals surface area contributed by atoms with Crippen molar-refractivity contribution >= 4 is 17.2 Å². The van der Waals surface area contributed by atoms with Gasteiger partial charge in [-0.2, -0.15) is 11.3 Å². The zero-order valence-electron chi connectivity index (χ0n) is 14.4. The summed E-state index contributed by atoms with van der Waals surface area (Å²) in [7, 11) is 1.62. The highest BCUT2D eigenvalue weighted by Gasteiger charge is 2.25. The van der Waals surface area contributed by atoms with Gasteiger partial charge in [-0.15, -0.1) is 0 Å². The van der Waals surface area contributed by atoms with Crippen LogP contribution in [0.1, 0.15) is 24.2 Å².